The highest BCUT2D eigenvalue weighted by Gasteiger charge is 2.18. The summed E-state index contributed by atoms with van der Waals surface area (Å²) in [4.78, 5) is 14.6. The summed E-state index contributed by atoms with van der Waals surface area (Å²) in [5.41, 5.74) is 8.69. The monoisotopic (exact) mass is 369 g/mol. The fraction of sp³-hybridized carbons (Fsp3) is 0.278. The van der Waals surface area contributed by atoms with Gasteiger partial charge in [-0.15, -0.1) is 24.8 Å². The number of rotatable bonds is 6. The van der Waals surface area contributed by atoms with E-state index in [-0.39, 0.29) is 43.2 Å². The lowest BCUT2D eigenvalue weighted by atomic mass is 9.98. The largest absolute Gasteiger partial charge is 0.329 e. The van der Waals surface area contributed by atoms with Gasteiger partial charge in [0.1, 0.15) is 0 Å². The van der Waals surface area contributed by atoms with Crippen LogP contribution in [0.4, 0.5) is 5.69 Å². The molecule has 2 aromatic carbocycles. The number of halogens is 2. The molecule has 0 spiro atoms. The number of anilines is 1. The Bertz CT molecular complexity index is 621. The van der Waals surface area contributed by atoms with Crippen LogP contribution >= 0.6 is 24.8 Å². The van der Waals surface area contributed by atoms with Crippen LogP contribution in [0.15, 0.2) is 54.6 Å². The van der Waals surface area contributed by atoms with Gasteiger partial charge < -0.3 is 16.0 Å². The first kappa shape index (κ1) is 22.4. The number of nitrogens with one attached hydrogen (secondary N) is 1. The van der Waals surface area contributed by atoms with E-state index in [1.807, 2.05) is 68.7 Å². The molecule has 1 amide bonds. The van der Waals surface area contributed by atoms with Crippen molar-refractivity contribution in [1.82, 2.24) is 4.90 Å². The topological polar surface area (TPSA) is 58.4 Å². The minimum atomic E-state index is -0.335. The summed E-state index contributed by atoms with van der Waals surface area (Å²) in [6.07, 6.45) is 0. The van der Waals surface area contributed by atoms with Crippen LogP contribution in [0.25, 0.3) is 0 Å². The van der Waals surface area contributed by atoms with Crippen LogP contribution in [0.1, 0.15) is 17.0 Å². The number of carbonyl (C=O) groups is 1. The standard InChI is InChI=1S/C18H23N3O.2ClH/c1-21(2)13-14-7-6-10-16(11-14)20-18(22)17(12-19)15-8-4-3-5-9-15;;/h3-11,17H,12-13,19H2,1-2H3,(H,20,22);2*1H. The molecule has 6 heteroatoms. The van der Waals surface area contributed by atoms with Gasteiger partial charge in [-0.2, -0.15) is 0 Å². The number of carbonyl (C=O) groups excluding carboxylic acids is 1. The predicted octanol–water partition coefficient (Wildman–Crippen LogP) is 3.27. The highest BCUT2D eigenvalue weighted by atomic mass is 35.5. The average molecular weight is 370 g/mol. The molecule has 2 aromatic rings. The smallest absolute Gasteiger partial charge is 0.233 e. The van der Waals surface area contributed by atoms with Gasteiger partial charge in [0.2, 0.25) is 5.91 Å². The van der Waals surface area contributed by atoms with Gasteiger partial charge in [-0.05, 0) is 37.4 Å². The van der Waals surface area contributed by atoms with Crippen molar-refractivity contribution in [2.75, 3.05) is 26.0 Å². The van der Waals surface area contributed by atoms with E-state index in [2.05, 4.69) is 10.2 Å². The Balaban J connectivity index is 0.00000264. The molecule has 0 saturated heterocycles. The van der Waals surface area contributed by atoms with Crippen molar-refractivity contribution in [3.63, 3.8) is 0 Å². The Kier molecular flexibility index (Phi) is 10.3. The van der Waals surface area contributed by atoms with Crippen molar-refractivity contribution < 1.29 is 4.79 Å². The van der Waals surface area contributed by atoms with Gasteiger partial charge in [0.05, 0.1) is 5.92 Å². The normalized spacial score (nSPS) is 11.2. The van der Waals surface area contributed by atoms with Gasteiger partial charge in [-0.25, -0.2) is 0 Å². The minimum Gasteiger partial charge on any atom is -0.329 e. The second kappa shape index (κ2) is 11.0. The first-order valence-electron chi connectivity index (χ1n) is 7.39. The highest BCUT2D eigenvalue weighted by molar-refractivity contribution is 5.96. The van der Waals surface area contributed by atoms with E-state index in [0.29, 0.717) is 0 Å². The summed E-state index contributed by atoms with van der Waals surface area (Å²) >= 11 is 0. The van der Waals surface area contributed by atoms with Crippen molar-refractivity contribution in [3.8, 4) is 0 Å². The zero-order valence-corrected chi connectivity index (χ0v) is 15.6. The van der Waals surface area contributed by atoms with Crippen LogP contribution in [0.3, 0.4) is 0 Å². The molecule has 1 unspecified atom stereocenters. The number of hydrogen-bond acceptors (Lipinski definition) is 3. The quantitative estimate of drug-likeness (QED) is 0.821. The molecule has 2 rings (SSSR count). The summed E-state index contributed by atoms with van der Waals surface area (Å²) in [5, 5.41) is 2.97. The van der Waals surface area contributed by atoms with Gasteiger partial charge >= 0.3 is 0 Å². The van der Waals surface area contributed by atoms with Gasteiger partial charge in [0.15, 0.2) is 0 Å². The van der Waals surface area contributed by atoms with E-state index in [0.717, 1.165) is 23.4 Å². The summed E-state index contributed by atoms with van der Waals surface area (Å²) in [6.45, 7) is 1.12. The van der Waals surface area contributed by atoms with Gasteiger partial charge in [0.25, 0.3) is 0 Å². The van der Waals surface area contributed by atoms with Gasteiger partial charge in [0, 0.05) is 18.8 Å². The first-order valence-corrected chi connectivity index (χ1v) is 7.39. The molecular weight excluding hydrogens is 345 g/mol. The number of nitrogens with zero attached hydrogens (tertiary/aromatic N) is 1. The van der Waals surface area contributed by atoms with Crippen molar-refractivity contribution >= 4 is 36.4 Å². The van der Waals surface area contributed by atoms with Crippen molar-refractivity contribution in [2.45, 2.75) is 12.5 Å². The highest BCUT2D eigenvalue weighted by Crippen LogP contribution is 2.18. The molecule has 3 N–H and O–H groups in total. The van der Waals surface area contributed by atoms with Crippen LogP contribution in [0.2, 0.25) is 0 Å². The Morgan fingerprint density at radius 3 is 2.33 bits per heavy atom. The summed E-state index contributed by atoms with van der Waals surface area (Å²) < 4.78 is 0. The molecule has 0 fully saturated rings. The van der Waals surface area contributed by atoms with Crippen LogP contribution in [-0.4, -0.2) is 31.4 Å². The van der Waals surface area contributed by atoms with Crippen LogP contribution < -0.4 is 11.1 Å². The van der Waals surface area contributed by atoms with Gasteiger partial charge in [-0.3, -0.25) is 4.79 Å². The third kappa shape index (κ3) is 6.49. The van der Waals surface area contributed by atoms with Crippen molar-refractivity contribution in [2.24, 2.45) is 5.73 Å². The maximum Gasteiger partial charge on any atom is 0.233 e. The second-order valence-corrected chi connectivity index (χ2v) is 5.63. The maximum atomic E-state index is 12.5. The van der Waals surface area contributed by atoms with Gasteiger partial charge in [-0.1, -0.05) is 42.5 Å². The summed E-state index contributed by atoms with van der Waals surface area (Å²) in [7, 11) is 4.04. The molecular formula is C18H25Cl2N3O. The maximum absolute atomic E-state index is 12.5. The zero-order valence-electron chi connectivity index (χ0n) is 13.9. The Morgan fingerprint density at radius 2 is 1.75 bits per heavy atom. The molecule has 0 radical (unpaired) electrons. The molecule has 0 heterocycles. The molecule has 132 valence electrons. The second-order valence-electron chi connectivity index (χ2n) is 5.63. The SMILES string of the molecule is CN(C)Cc1cccc(NC(=O)C(CN)c2ccccc2)c1.Cl.Cl. The average Bonchev–Trinajstić information content (AvgIpc) is 2.48. The molecule has 0 aromatic heterocycles. The lowest BCUT2D eigenvalue weighted by Crippen LogP contribution is -2.27. The third-order valence-corrected chi connectivity index (χ3v) is 3.45. The molecule has 0 bridgehead atoms. The van der Waals surface area contributed by atoms with E-state index < -0.39 is 0 Å². The molecule has 1 atom stereocenters. The Hall–Kier alpha value is -1.59. The lowest BCUT2D eigenvalue weighted by Gasteiger charge is -2.16. The fourth-order valence-corrected chi connectivity index (χ4v) is 2.42. The van der Waals surface area contributed by atoms with E-state index in [1.54, 1.807) is 0 Å². The Morgan fingerprint density at radius 1 is 1.08 bits per heavy atom. The number of nitrogens with two attached hydrogens (primary N) is 1. The van der Waals surface area contributed by atoms with Crippen LogP contribution in [0, 0.1) is 0 Å². The molecule has 0 aliphatic heterocycles. The summed E-state index contributed by atoms with van der Waals surface area (Å²) in [5.74, 6) is -0.408. The third-order valence-electron chi connectivity index (χ3n) is 3.45. The van der Waals surface area contributed by atoms with E-state index in [1.165, 1.54) is 0 Å². The lowest BCUT2D eigenvalue weighted by molar-refractivity contribution is -0.117. The molecule has 4 nitrogen and oxygen atoms in total. The molecule has 0 aliphatic carbocycles. The van der Waals surface area contributed by atoms with Crippen molar-refractivity contribution in [3.05, 3.63) is 65.7 Å². The van der Waals surface area contributed by atoms with E-state index in [4.69, 9.17) is 5.73 Å². The first-order chi connectivity index (χ1) is 10.6. The zero-order chi connectivity index (χ0) is 15.9. The summed E-state index contributed by atoms with van der Waals surface area (Å²) in [6, 6.07) is 17.5. The number of hydrogen-bond donors (Lipinski definition) is 2. The molecule has 24 heavy (non-hydrogen) atoms. The van der Waals surface area contributed by atoms with Crippen LogP contribution in [-0.2, 0) is 11.3 Å². The number of amides is 1. The molecule has 0 aliphatic rings. The Labute approximate surface area is 156 Å². The van der Waals surface area contributed by atoms with Crippen LogP contribution in [0.5, 0.6) is 0 Å². The minimum absolute atomic E-state index is 0. The van der Waals surface area contributed by atoms with E-state index >= 15 is 0 Å². The fourth-order valence-electron chi connectivity index (χ4n) is 2.42. The van der Waals surface area contributed by atoms with E-state index in [9.17, 15) is 4.79 Å². The molecule has 0 saturated carbocycles. The van der Waals surface area contributed by atoms with Crippen molar-refractivity contribution in [1.29, 1.82) is 0 Å². The number of benzene rings is 2. The predicted molar refractivity (Wildman–Crippen MR) is 105 cm³/mol.